The molecule has 0 heterocycles. The molecule has 7 nitrogen and oxygen atoms in total. The van der Waals surface area contributed by atoms with Gasteiger partial charge in [0.15, 0.2) is 0 Å². The van der Waals surface area contributed by atoms with Gasteiger partial charge in [-0.15, -0.1) is 0 Å². The van der Waals surface area contributed by atoms with Gasteiger partial charge in [0.05, 0.1) is 10.6 Å². The van der Waals surface area contributed by atoms with Crippen LogP contribution < -0.4 is 9.62 Å². The van der Waals surface area contributed by atoms with E-state index in [0.29, 0.717) is 12.2 Å². The predicted molar refractivity (Wildman–Crippen MR) is 176 cm³/mol. The minimum atomic E-state index is -4.12. The molecule has 2 amide bonds. The molecule has 4 aromatic rings. The molecule has 0 unspecified atom stereocenters. The van der Waals surface area contributed by atoms with Crippen LogP contribution in [0.4, 0.5) is 5.69 Å². The molecule has 0 aliphatic carbocycles. The fourth-order valence-corrected chi connectivity index (χ4v) is 6.40. The second kappa shape index (κ2) is 15.3. The molecule has 0 fully saturated rings. The molecule has 0 saturated carbocycles. The molecule has 0 bridgehead atoms. The molecule has 0 spiro atoms. The Morgan fingerprint density at radius 1 is 0.773 bits per heavy atom. The summed E-state index contributed by atoms with van der Waals surface area (Å²) in [7, 11) is -4.12. The maximum Gasteiger partial charge on any atom is 0.264 e. The van der Waals surface area contributed by atoms with Crippen molar-refractivity contribution < 1.29 is 18.0 Å². The summed E-state index contributed by atoms with van der Waals surface area (Å²) in [4.78, 5) is 29.9. The Balaban J connectivity index is 1.78. The molecule has 0 radical (unpaired) electrons. The zero-order valence-corrected chi connectivity index (χ0v) is 26.5. The fraction of sp³-hybridized carbons (Fsp3) is 0.278. The Morgan fingerprint density at radius 2 is 1.36 bits per heavy atom. The van der Waals surface area contributed by atoms with Crippen LogP contribution in [0, 0.1) is 13.8 Å². The van der Waals surface area contributed by atoms with E-state index in [4.69, 9.17) is 0 Å². The van der Waals surface area contributed by atoms with Gasteiger partial charge in [-0.1, -0.05) is 98.3 Å². The molecule has 0 aliphatic rings. The van der Waals surface area contributed by atoms with Crippen molar-refractivity contribution in [1.29, 1.82) is 0 Å². The van der Waals surface area contributed by atoms with Crippen LogP contribution >= 0.6 is 0 Å². The van der Waals surface area contributed by atoms with Gasteiger partial charge in [0.25, 0.3) is 10.0 Å². The van der Waals surface area contributed by atoms with Gasteiger partial charge >= 0.3 is 0 Å². The topological polar surface area (TPSA) is 86.8 Å². The third-order valence-corrected chi connectivity index (χ3v) is 9.47. The molecular weight excluding hydrogens is 570 g/mol. The van der Waals surface area contributed by atoms with Crippen LogP contribution in [0.5, 0.6) is 0 Å². The van der Waals surface area contributed by atoms with Crippen LogP contribution in [0.2, 0.25) is 0 Å². The van der Waals surface area contributed by atoms with Crippen molar-refractivity contribution in [3.05, 3.63) is 131 Å². The van der Waals surface area contributed by atoms with Gasteiger partial charge in [-0.25, -0.2) is 8.42 Å². The average molecular weight is 612 g/mol. The van der Waals surface area contributed by atoms with Gasteiger partial charge < -0.3 is 10.2 Å². The standard InChI is InChI=1S/C36H41N3O4S/c1-4-5-23-37-36(41)34(25-30-15-9-6-10-16-30)38(26-31-17-11-7-12-18-31)35(40)27-39(32-22-21-28(2)29(3)24-32)44(42,43)33-19-13-8-14-20-33/h6-22,24,34H,4-5,23,25-27H2,1-3H3,(H,37,41)/t34-/m0/s1. The van der Waals surface area contributed by atoms with Crippen LogP contribution in [0.15, 0.2) is 114 Å². The summed E-state index contributed by atoms with van der Waals surface area (Å²) >= 11 is 0. The van der Waals surface area contributed by atoms with E-state index < -0.39 is 28.5 Å². The predicted octanol–water partition coefficient (Wildman–Crippen LogP) is 6.06. The molecule has 1 atom stereocenters. The van der Waals surface area contributed by atoms with Crippen LogP contribution in [0.25, 0.3) is 0 Å². The van der Waals surface area contributed by atoms with Crippen molar-refractivity contribution in [2.45, 2.75) is 57.5 Å². The SMILES string of the molecule is CCCCNC(=O)[C@H](Cc1ccccc1)N(Cc1ccccc1)C(=O)CN(c1ccc(C)c(C)c1)S(=O)(=O)c1ccccc1. The second-order valence-corrected chi connectivity index (χ2v) is 12.8. The van der Waals surface area contributed by atoms with Gasteiger partial charge in [0.1, 0.15) is 12.6 Å². The highest BCUT2D eigenvalue weighted by Gasteiger charge is 2.34. The van der Waals surface area contributed by atoms with E-state index in [1.165, 1.54) is 17.0 Å². The maximum atomic E-state index is 14.5. The van der Waals surface area contributed by atoms with Gasteiger partial charge in [0, 0.05) is 19.5 Å². The van der Waals surface area contributed by atoms with E-state index in [2.05, 4.69) is 5.32 Å². The quantitative estimate of drug-likeness (QED) is 0.176. The van der Waals surface area contributed by atoms with Crippen LogP contribution in [-0.2, 0) is 32.6 Å². The molecule has 0 saturated heterocycles. The van der Waals surface area contributed by atoms with Crippen LogP contribution in [0.1, 0.15) is 42.0 Å². The van der Waals surface area contributed by atoms with E-state index in [0.717, 1.165) is 39.4 Å². The highest BCUT2D eigenvalue weighted by Crippen LogP contribution is 2.27. The summed E-state index contributed by atoms with van der Waals surface area (Å²) in [5, 5.41) is 3.02. The van der Waals surface area contributed by atoms with Gasteiger partial charge in [0.2, 0.25) is 11.8 Å². The summed E-state index contributed by atoms with van der Waals surface area (Å²) in [6, 6.07) is 31.6. The molecule has 1 N–H and O–H groups in total. The highest BCUT2D eigenvalue weighted by atomic mass is 32.2. The maximum absolute atomic E-state index is 14.5. The molecule has 0 aromatic heterocycles. The molecule has 4 aromatic carbocycles. The molecule has 44 heavy (non-hydrogen) atoms. The van der Waals surface area contributed by atoms with Crippen molar-refractivity contribution in [2.75, 3.05) is 17.4 Å². The van der Waals surface area contributed by atoms with Gasteiger partial charge in [-0.3, -0.25) is 13.9 Å². The molecule has 4 rings (SSSR count). The lowest BCUT2D eigenvalue weighted by Crippen LogP contribution is -2.53. The number of carbonyl (C=O) groups is 2. The van der Waals surface area contributed by atoms with E-state index in [1.54, 1.807) is 30.3 Å². The number of aryl methyl sites for hydroxylation is 2. The van der Waals surface area contributed by atoms with Gasteiger partial charge in [-0.2, -0.15) is 0 Å². The average Bonchev–Trinajstić information content (AvgIpc) is 3.04. The third kappa shape index (κ3) is 8.35. The van der Waals surface area contributed by atoms with Crippen molar-refractivity contribution >= 4 is 27.5 Å². The Hall–Kier alpha value is -4.43. The van der Waals surface area contributed by atoms with Crippen molar-refractivity contribution in [3.8, 4) is 0 Å². The number of hydrogen-bond donors (Lipinski definition) is 1. The van der Waals surface area contributed by atoms with Crippen LogP contribution in [-0.4, -0.2) is 44.3 Å². The van der Waals surface area contributed by atoms with E-state index in [1.807, 2.05) is 87.5 Å². The first kappa shape index (κ1) is 32.5. The minimum Gasteiger partial charge on any atom is -0.354 e. The second-order valence-electron chi connectivity index (χ2n) is 11.0. The Labute approximate surface area is 261 Å². The molecule has 0 aliphatic heterocycles. The first-order valence-corrected chi connectivity index (χ1v) is 16.4. The number of unbranched alkanes of at least 4 members (excludes halogenated alkanes) is 1. The number of sulfonamides is 1. The number of benzene rings is 4. The fourth-order valence-electron chi connectivity index (χ4n) is 4.97. The monoisotopic (exact) mass is 611 g/mol. The Morgan fingerprint density at radius 3 is 1.95 bits per heavy atom. The van der Waals surface area contributed by atoms with Crippen molar-refractivity contribution in [1.82, 2.24) is 10.2 Å². The lowest BCUT2D eigenvalue weighted by molar-refractivity contribution is -0.140. The van der Waals surface area contributed by atoms with Crippen LogP contribution in [0.3, 0.4) is 0 Å². The Kier molecular flexibility index (Phi) is 11.3. The normalized spacial score (nSPS) is 11.9. The summed E-state index contributed by atoms with van der Waals surface area (Å²) in [6.07, 6.45) is 2.01. The number of carbonyl (C=O) groups excluding carboxylic acids is 2. The molecule has 8 heteroatoms. The lowest BCUT2D eigenvalue weighted by Gasteiger charge is -2.34. The number of anilines is 1. The van der Waals surface area contributed by atoms with Crippen molar-refractivity contribution in [3.63, 3.8) is 0 Å². The molecule has 230 valence electrons. The Bertz CT molecular complexity index is 1630. The minimum absolute atomic E-state index is 0.0822. The largest absolute Gasteiger partial charge is 0.354 e. The van der Waals surface area contributed by atoms with Gasteiger partial charge in [-0.05, 0) is 66.8 Å². The van der Waals surface area contributed by atoms with Crippen molar-refractivity contribution in [2.24, 2.45) is 0 Å². The number of nitrogens with one attached hydrogen (secondary N) is 1. The number of amides is 2. The number of rotatable bonds is 14. The van der Waals surface area contributed by atoms with E-state index in [9.17, 15) is 18.0 Å². The molecular formula is C36H41N3O4S. The number of nitrogens with zero attached hydrogens (tertiary/aromatic N) is 2. The summed E-state index contributed by atoms with van der Waals surface area (Å²) in [5.74, 6) is -0.742. The number of hydrogen-bond acceptors (Lipinski definition) is 4. The third-order valence-electron chi connectivity index (χ3n) is 7.68. The zero-order valence-electron chi connectivity index (χ0n) is 25.6. The summed E-state index contributed by atoms with van der Waals surface area (Å²) in [6.45, 7) is 6.07. The zero-order chi connectivity index (χ0) is 31.5. The summed E-state index contributed by atoms with van der Waals surface area (Å²) < 4.78 is 29.3. The smallest absolute Gasteiger partial charge is 0.264 e. The highest BCUT2D eigenvalue weighted by molar-refractivity contribution is 7.92. The summed E-state index contributed by atoms with van der Waals surface area (Å²) in [5.41, 5.74) is 4.04. The van der Waals surface area contributed by atoms with E-state index >= 15 is 0 Å². The first-order valence-electron chi connectivity index (χ1n) is 15.0. The first-order chi connectivity index (χ1) is 21.2. The van der Waals surface area contributed by atoms with E-state index in [-0.39, 0.29) is 23.8 Å². The lowest BCUT2D eigenvalue weighted by atomic mass is 10.0.